The van der Waals surface area contributed by atoms with Gasteiger partial charge < -0.3 is 10.3 Å². The first-order valence-corrected chi connectivity index (χ1v) is 6.95. The van der Waals surface area contributed by atoms with E-state index in [1.54, 1.807) is 0 Å². The Morgan fingerprint density at radius 1 is 1.33 bits per heavy atom. The summed E-state index contributed by atoms with van der Waals surface area (Å²) >= 11 is 3.45. The molecule has 2 aromatic rings. The van der Waals surface area contributed by atoms with E-state index in [1.165, 1.54) is 5.56 Å². The number of halogens is 1. The molecule has 0 fully saturated rings. The summed E-state index contributed by atoms with van der Waals surface area (Å²) in [5, 5.41) is 0. The Bertz CT molecular complexity index is 504. The number of hydrogen-bond donors (Lipinski definition) is 1. The number of aromatic nitrogens is 2. The molecule has 2 rings (SSSR count). The Morgan fingerprint density at radius 3 is 2.61 bits per heavy atom. The third-order valence-corrected chi connectivity index (χ3v) is 3.81. The molecule has 0 aliphatic heterocycles. The highest BCUT2D eigenvalue weighted by molar-refractivity contribution is 9.10. The summed E-state index contributed by atoms with van der Waals surface area (Å²) in [6, 6.07) is 8.65. The highest BCUT2D eigenvalue weighted by Gasteiger charge is 2.15. The summed E-state index contributed by atoms with van der Waals surface area (Å²) in [7, 11) is 0. The lowest BCUT2D eigenvalue weighted by Crippen LogP contribution is -2.17. The Kier molecular flexibility index (Phi) is 4.19. The molecule has 0 aliphatic carbocycles. The second kappa shape index (κ2) is 5.67. The molecule has 0 aliphatic rings. The van der Waals surface area contributed by atoms with Crippen LogP contribution < -0.4 is 5.73 Å². The van der Waals surface area contributed by atoms with Gasteiger partial charge in [-0.1, -0.05) is 35.0 Å². The number of rotatable bonds is 4. The van der Waals surface area contributed by atoms with Gasteiger partial charge in [0.25, 0.3) is 0 Å². The zero-order chi connectivity index (χ0) is 13.1. The van der Waals surface area contributed by atoms with Crippen LogP contribution in [0.25, 0.3) is 0 Å². The molecule has 0 saturated heterocycles. The molecule has 0 bridgehead atoms. The predicted octanol–water partition coefficient (Wildman–Crippen LogP) is 3.66. The first kappa shape index (κ1) is 13.3. The van der Waals surface area contributed by atoms with E-state index in [2.05, 4.69) is 63.6 Å². The third kappa shape index (κ3) is 2.65. The number of imidazole rings is 1. The van der Waals surface area contributed by atoms with Gasteiger partial charge in [-0.15, -0.1) is 0 Å². The molecule has 18 heavy (non-hydrogen) atoms. The van der Waals surface area contributed by atoms with Crippen molar-refractivity contribution in [2.24, 2.45) is 5.73 Å². The highest BCUT2D eigenvalue weighted by atomic mass is 79.9. The van der Waals surface area contributed by atoms with Crippen molar-refractivity contribution in [3.63, 3.8) is 0 Å². The van der Waals surface area contributed by atoms with E-state index < -0.39 is 0 Å². The average Bonchev–Trinajstić information content (AvgIpc) is 2.87. The van der Waals surface area contributed by atoms with Gasteiger partial charge in [-0.25, -0.2) is 4.98 Å². The van der Waals surface area contributed by atoms with Crippen molar-refractivity contribution in [2.45, 2.75) is 32.4 Å². The highest BCUT2D eigenvalue weighted by Crippen LogP contribution is 2.24. The molecule has 2 atom stereocenters. The van der Waals surface area contributed by atoms with Gasteiger partial charge in [-0.05, 0) is 31.0 Å². The largest absolute Gasteiger partial charge is 0.326 e. The van der Waals surface area contributed by atoms with Crippen LogP contribution in [0.1, 0.15) is 43.6 Å². The zero-order valence-corrected chi connectivity index (χ0v) is 12.3. The summed E-state index contributed by atoms with van der Waals surface area (Å²) in [6.07, 6.45) is 4.64. The van der Waals surface area contributed by atoms with Crippen molar-refractivity contribution in [1.29, 1.82) is 0 Å². The van der Waals surface area contributed by atoms with E-state index in [0.717, 1.165) is 16.6 Å². The molecule has 1 heterocycles. The van der Waals surface area contributed by atoms with Gasteiger partial charge in [0, 0.05) is 16.7 Å². The fourth-order valence-electron chi connectivity index (χ4n) is 2.04. The third-order valence-electron chi connectivity index (χ3n) is 3.29. The fourth-order valence-corrected chi connectivity index (χ4v) is 2.30. The topological polar surface area (TPSA) is 43.8 Å². The van der Waals surface area contributed by atoms with Crippen LogP contribution in [-0.4, -0.2) is 9.55 Å². The number of nitrogens with two attached hydrogens (primary N) is 1. The minimum atomic E-state index is 0.0467. The van der Waals surface area contributed by atoms with Crippen LogP contribution >= 0.6 is 15.9 Å². The number of hydrogen-bond acceptors (Lipinski definition) is 2. The van der Waals surface area contributed by atoms with Crippen LogP contribution in [0.5, 0.6) is 0 Å². The average molecular weight is 308 g/mol. The molecule has 0 radical (unpaired) electrons. The summed E-state index contributed by atoms with van der Waals surface area (Å²) < 4.78 is 3.24. The molecule has 1 aromatic carbocycles. The lowest BCUT2D eigenvalue weighted by atomic mass is 10.1. The summed E-state index contributed by atoms with van der Waals surface area (Å²) in [5.74, 6) is 0. The van der Waals surface area contributed by atoms with Crippen LogP contribution in [0.3, 0.4) is 0 Å². The monoisotopic (exact) mass is 307 g/mol. The van der Waals surface area contributed by atoms with Crippen molar-refractivity contribution < 1.29 is 0 Å². The molecular formula is C14H18BrN3. The number of benzene rings is 1. The maximum atomic E-state index is 6.11. The first-order chi connectivity index (χ1) is 8.63. The van der Waals surface area contributed by atoms with E-state index in [9.17, 15) is 0 Å². The van der Waals surface area contributed by atoms with E-state index in [4.69, 9.17) is 5.73 Å². The second-order valence-corrected chi connectivity index (χ2v) is 5.38. The van der Waals surface area contributed by atoms with E-state index in [-0.39, 0.29) is 12.1 Å². The number of nitrogens with zero attached hydrogens (tertiary/aromatic N) is 2. The Morgan fingerprint density at radius 2 is 2.00 bits per heavy atom. The van der Waals surface area contributed by atoms with Crippen molar-refractivity contribution >= 4 is 15.9 Å². The maximum Gasteiger partial charge on any atom is 0.0954 e. The molecule has 4 heteroatoms. The van der Waals surface area contributed by atoms with E-state index in [1.807, 2.05) is 12.5 Å². The second-order valence-electron chi connectivity index (χ2n) is 4.47. The van der Waals surface area contributed by atoms with Gasteiger partial charge in [0.2, 0.25) is 0 Å². The van der Waals surface area contributed by atoms with Crippen molar-refractivity contribution in [1.82, 2.24) is 9.55 Å². The molecular weight excluding hydrogens is 290 g/mol. The van der Waals surface area contributed by atoms with E-state index in [0.29, 0.717) is 0 Å². The lowest BCUT2D eigenvalue weighted by molar-refractivity contribution is 0.558. The Balaban J connectivity index is 2.31. The van der Waals surface area contributed by atoms with Gasteiger partial charge >= 0.3 is 0 Å². The van der Waals surface area contributed by atoms with Gasteiger partial charge in [-0.2, -0.15) is 0 Å². The van der Waals surface area contributed by atoms with Gasteiger partial charge in [-0.3, -0.25) is 0 Å². The summed E-state index contributed by atoms with van der Waals surface area (Å²) in [6.45, 7) is 4.25. The van der Waals surface area contributed by atoms with Crippen molar-refractivity contribution in [3.8, 4) is 0 Å². The van der Waals surface area contributed by atoms with Gasteiger partial charge in [0.1, 0.15) is 0 Å². The molecule has 0 saturated carbocycles. The molecule has 0 spiro atoms. The molecule has 2 N–H and O–H groups in total. The summed E-state index contributed by atoms with van der Waals surface area (Å²) in [4.78, 5) is 4.23. The van der Waals surface area contributed by atoms with Crippen LogP contribution in [0, 0.1) is 0 Å². The van der Waals surface area contributed by atoms with E-state index >= 15 is 0 Å². The molecule has 96 valence electrons. The normalized spacial score (nSPS) is 14.4. The van der Waals surface area contributed by atoms with Crippen molar-refractivity contribution in [3.05, 3.63) is 52.5 Å². The minimum Gasteiger partial charge on any atom is -0.326 e. The SMILES string of the molecule is CC[C@@H](N)c1cncn1C(C)c1ccc(Br)cc1. The smallest absolute Gasteiger partial charge is 0.0954 e. The predicted molar refractivity (Wildman–Crippen MR) is 77.4 cm³/mol. The first-order valence-electron chi connectivity index (χ1n) is 6.16. The molecule has 1 aromatic heterocycles. The van der Waals surface area contributed by atoms with Crippen LogP contribution in [-0.2, 0) is 0 Å². The maximum absolute atomic E-state index is 6.11. The zero-order valence-electron chi connectivity index (χ0n) is 10.7. The van der Waals surface area contributed by atoms with Gasteiger partial charge in [0.05, 0.1) is 18.1 Å². The molecule has 1 unspecified atom stereocenters. The lowest BCUT2D eigenvalue weighted by Gasteiger charge is -2.19. The molecule has 0 amide bonds. The molecule has 3 nitrogen and oxygen atoms in total. The van der Waals surface area contributed by atoms with Crippen LogP contribution in [0.2, 0.25) is 0 Å². The summed E-state index contributed by atoms with van der Waals surface area (Å²) in [5.41, 5.74) is 8.45. The van der Waals surface area contributed by atoms with Crippen molar-refractivity contribution in [2.75, 3.05) is 0 Å². The quantitative estimate of drug-likeness (QED) is 0.936. The Hall–Kier alpha value is -1.13. The van der Waals surface area contributed by atoms with Crippen LogP contribution in [0.15, 0.2) is 41.3 Å². The Labute approximate surface area is 116 Å². The van der Waals surface area contributed by atoms with Crippen LogP contribution in [0.4, 0.5) is 0 Å². The van der Waals surface area contributed by atoms with Gasteiger partial charge in [0.15, 0.2) is 0 Å². The fraction of sp³-hybridized carbons (Fsp3) is 0.357. The standard InChI is InChI=1S/C14H18BrN3/c1-3-13(16)14-8-17-9-18(14)10(2)11-4-6-12(15)7-5-11/h4-10,13H,3,16H2,1-2H3/t10?,13-/m1/s1. The minimum absolute atomic E-state index is 0.0467.